The first-order valence-corrected chi connectivity index (χ1v) is 12.4. The monoisotopic (exact) mass is 514 g/mol. The Morgan fingerprint density at radius 2 is 1.86 bits per heavy atom. The average molecular weight is 515 g/mol. The molecule has 0 radical (unpaired) electrons. The van der Waals surface area contributed by atoms with Gasteiger partial charge in [-0.2, -0.15) is 5.10 Å². The molecule has 35 heavy (non-hydrogen) atoms. The smallest absolute Gasteiger partial charge is 0.286 e. The molecule has 2 aliphatic rings. The zero-order valence-electron chi connectivity index (χ0n) is 19.0. The van der Waals surface area contributed by atoms with Gasteiger partial charge in [-0.15, -0.1) is 0 Å². The number of hydrogen-bond acceptors (Lipinski definition) is 4. The summed E-state index contributed by atoms with van der Waals surface area (Å²) in [5.74, 6) is -0.580. The quantitative estimate of drug-likeness (QED) is 0.495. The minimum atomic E-state index is -0.332. The predicted octanol–water partition coefficient (Wildman–Crippen LogP) is 5.30. The van der Waals surface area contributed by atoms with Crippen LogP contribution in [0.5, 0.6) is 0 Å². The predicted molar refractivity (Wildman–Crippen MR) is 135 cm³/mol. The van der Waals surface area contributed by atoms with E-state index in [4.69, 9.17) is 28.3 Å². The Balaban J connectivity index is 1.58. The highest BCUT2D eigenvalue weighted by Gasteiger charge is 2.30. The average Bonchev–Trinajstić information content (AvgIpc) is 3.23. The maximum absolute atomic E-state index is 13.5. The number of nitrogens with one attached hydrogen (secondary N) is 1. The Hall–Kier alpha value is -2.71. The van der Waals surface area contributed by atoms with Crippen LogP contribution in [0.1, 0.15) is 53.0 Å². The fraction of sp³-hybridized carbons (Fsp3) is 0.308. The van der Waals surface area contributed by atoms with Gasteiger partial charge < -0.3 is 5.11 Å². The summed E-state index contributed by atoms with van der Waals surface area (Å²) < 4.78 is 15.2. The summed E-state index contributed by atoms with van der Waals surface area (Å²) in [6, 6.07) is 11.5. The van der Waals surface area contributed by atoms with E-state index >= 15 is 0 Å². The van der Waals surface area contributed by atoms with Gasteiger partial charge in [0.25, 0.3) is 5.91 Å². The Kier molecular flexibility index (Phi) is 6.93. The molecule has 6 nitrogen and oxygen atoms in total. The third-order valence-corrected chi connectivity index (χ3v) is 6.99. The molecule has 0 saturated carbocycles. The molecule has 1 amide bonds. The number of nitrogens with zero attached hydrogens (tertiary/aromatic N) is 3. The first-order valence-electron chi connectivity index (χ1n) is 11.7. The summed E-state index contributed by atoms with van der Waals surface area (Å²) >= 11 is 12.7. The van der Waals surface area contributed by atoms with Gasteiger partial charge in [-0.3, -0.25) is 10.2 Å². The van der Waals surface area contributed by atoms with Crippen LogP contribution in [0.3, 0.4) is 0 Å². The number of fused-ring (bicyclic) bond motifs is 1. The number of hydrazine groups is 1. The number of hydrogen-bond donors (Lipinski definition) is 2. The normalized spacial score (nSPS) is 18.0. The van der Waals surface area contributed by atoms with E-state index in [0.717, 1.165) is 35.2 Å². The van der Waals surface area contributed by atoms with E-state index in [1.54, 1.807) is 35.0 Å². The van der Waals surface area contributed by atoms with Crippen LogP contribution in [-0.4, -0.2) is 45.0 Å². The van der Waals surface area contributed by atoms with E-state index in [9.17, 15) is 14.3 Å². The van der Waals surface area contributed by atoms with Crippen LogP contribution in [0.4, 0.5) is 4.39 Å². The molecule has 0 unspecified atom stereocenters. The molecule has 2 N–H and O–H groups in total. The van der Waals surface area contributed by atoms with Gasteiger partial charge in [0.05, 0.1) is 22.5 Å². The molecule has 1 aliphatic carbocycles. The number of carbonyl (C=O) groups excluding carboxylic acids is 1. The van der Waals surface area contributed by atoms with E-state index in [0.29, 0.717) is 53.8 Å². The fourth-order valence-corrected chi connectivity index (χ4v) is 5.16. The third kappa shape index (κ3) is 5.14. The van der Waals surface area contributed by atoms with Crippen LogP contribution < -0.4 is 5.43 Å². The van der Waals surface area contributed by atoms with Gasteiger partial charge in [0.15, 0.2) is 5.69 Å². The number of rotatable bonds is 4. The van der Waals surface area contributed by atoms with Gasteiger partial charge in [-0.05, 0) is 79.6 Å². The molecule has 2 aromatic carbocycles. The second kappa shape index (κ2) is 10.1. The van der Waals surface area contributed by atoms with Crippen molar-refractivity contribution in [3.8, 4) is 5.69 Å². The summed E-state index contributed by atoms with van der Waals surface area (Å²) in [7, 11) is 0. The number of carbonyl (C=O) groups is 1. The molecular formula is C26H25Cl2FN4O2. The highest BCUT2D eigenvalue weighted by Crippen LogP contribution is 2.37. The second-order valence-corrected chi connectivity index (χ2v) is 9.76. The molecular weight excluding hydrogens is 490 g/mol. The lowest BCUT2D eigenvalue weighted by Gasteiger charge is -2.29. The topological polar surface area (TPSA) is 70.4 Å². The van der Waals surface area contributed by atoms with Gasteiger partial charge in [-0.25, -0.2) is 14.1 Å². The molecule has 0 spiro atoms. The van der Waals surface area contributed by atoms with Crippen LogP contribution in [0.2, 0.25) is 10.0 Å². The minimum absolute atomic E-state index is 0.287. The lowest BCUT2D eigenvalue weighted by molar-refractivity contribution is 0.0463. The first kappa shape index (κ1) is 24.0. The SMILES string of the molecule is O=C(NN1CCC(O)CC1)c1nn(-c2ccc(Cl)cc2Cl)c2c1CCC/C2=C\c1ccc(F)cc1. The van der Waals surface area contributed by atoms with Crippen molar-refractivity contribution < 1.29 is 14.3 Å². The van der Waals surface area contributed by atoms with E-state index in [2.05, 4.69) is 5.43 Å². The number of piperidine rings is 1. The van der Waals surface area contributed by atoms with Crippen molar-refractivity contribution >= 4 is 40.8 Å². The molecule has 1 aromatic heterocycles. The van der Waals surface area contributed by atoms with Crippen LogP contribution in [0.25, 0.3) is 17.3 Å². The fourth-order valence-electron chi connectivity index (χ4n) is 4.68. The summed E-state index contributed by atoms with van der Waals surface area (Å²) in [6.07, 6.45) is 5.23. The summed E-state index contributed by atoms with van der Waals surface area (Å²) in [5, 5.41) is 17.3. The lowest BCUT2D eigenvalue weighted by atomic mass is 9.89. The molecule has 1 saturated heterocycles. The van der Waals surface area contributed by atoms with Crippen LogP contribution in [-0.2, 0) is 6.42 Å². The van der Waals surface area contributed by atoms with Crippen molar-refractivity contribution in [2.75, 3.05) is 13.1 Å². The van der Waals surface area contributed by atoms with Crippen molar-refractivity contribution in [1.82, 2.24) is 20.2 Å². The molecule has 5 rings (SSSR count). The van der Waals surface area contributed by atoms with Crippen LogP contribution in [0.15, 0.2) is 42.5 Å². The second-order valence-electron chi connectivity index (χ2n) is 8.92. The summed E-state index contributed by atoms with van der Waals surface area (Å²) in [6.45, 7) is 1.16. The van der Waals surface area contributed by atoms with Gasteiger partial charge in [-0.1, -0.05) is 35.3 Å². The molecule has 0 atom stereocenters. The third-order valence-electron chi connectivity index (χ3n) is 6.45. The van der Waals surface area contributed by atoms with Gasteiger partial charge in [0.2, 0.25) is 0 Å². The van der Waals surface area contributed by atoms with Crippen molar-refractivity contribution in [3.05, 3.63) is 80.8 Å². The first-order chi connectivity index (χ1) is 16.9. The number of aliphatic hydroxyl groups excluding tert-OH is 1. The Bertz CT molecular complexity index is 1280. The largest absolute Gasteiger partial charge is 0.393 e. The van der Waals surface area contributed by atoms with E-state index in [-0.39, 0.29) is 17.8 Å². The van der Waals surface area contributed by atoms with Crippen molar-refractivity contribution in [2.24, 2.45) is 0 Å². The highest BCUT2D eigenvalue weighted by atomic mass is 35.5. The zero-order valence-corrected chi connectivity index (χ0v) is 20.5. The van der Waals surface area contributed by atoms with Crippen molar-refractivity contribution in [3.63, 3.8) is 0 Å². The summed E-state index contributed by atoms with van der Waals surface area (Å²) in [5.41, 5.74) is 7.47. The van der Waals surface area contributed by atoms with Crippen molar-refractivity contribution in [2.45, 2.75) is 38.2 Å². The van der Waals surface area contributed by atoms with Gasteiger partial charge >= 0.3 is 0 Å². The van der Waals surface area contributed by atoms with Crippen LogP contribution >= 0.6 is 23.2 Å². The molecule has 2 heterocycles. The minimum Gasteiger partial charge on any atom is -0.393 e. The molecule has 3 aromatic rings. The number of benzene rings is 2. The van der Waals surface area contributed by atoms with E-state index in [1.165, 1.54) is 12.1 Å². The van der Waals surface area contributed by atoms with Gasteiger partial charge in [0.1, 0.15) is 5.82 Å². The Labute approximate surface area is 212 Å². The molecule has 1 fully saturated rings. The lowest BCUT2D eigenvalue weighted by Crippen LogP contribution is -2.47. The zero-order chi connectivity index (χ0) is 24.5. The molecule has 1 aliphatic heterocycles. The maximum atomic E-state index is 13.5. The number of allylic oxidation sites excluding steroid dienone is 1. The van der Waals surface area contributed by atoms with Crippen LogP contribution in [0, 0.1) is 5.82 Å². The van der Waals surface area contributed by atoms with E-state index < -0.39 is 0 Å². The standard InChI is InChI=1S/C26H25Cl2FN4O2/c27-18-6-9-23(22(28)15-18)33-25-17(14-16-4-7-19(29)8-5-16)2-1-3-21(25)24(30-33)26(35)31-32-12-10-20(34)11-13-32/h4-9,14-15,20,34H,1-3,10-13H2,(H,31,35)/b17-14+. The number of amides is 1. The molecule has 0 bridgehead atoms. The maximum Gasteiger partial charge on any atom is 0.286 e. The van der Waals surface area contributed by atoms with Gasteiger partial charge in [0, 0.05) is 23.7 Å². The van der Waals surface area contributed by atoms with Crippen molar-refractivity contribution in [1.29, 1.82) is 0 Å². The molecule has 9 heteroatoms. The highest BCUT2D eigenvalue weighted by molar-refractivity contribution is 6.35. The summed E-state index contributed by atoms with van der Waals surface area (Å²) in [4.78, 5) is 13.3. The number of aliphatic hydroxyl groups is 1. The number of aromatic nitrogens is 2. The molecule has 182 valence electrons. The Morgan fingerprint density at radius 3 is 2.57 bits per heavy atom. The number of halogens is 3. The van der Waals surface area contributed by atoms with E-state index in [1.807, 2.05) is 11.1 Å². The Morgan fingerprint density at radius 1 is 1.11 bits per heavy atom.